The number of ether oxygens (including phenoxy) is 2. The van der Waals surface area contributed by atoms with E-state index < -0.39 is 18.2 Å². The zero-order valence-corrected chi connectivity index (χ0v) is 26.9. The molecule has 2 atom stereocenters. The number of nitrogens with zero attached hydrogens (tertiary/aromatic N) is 5. The SMILES string of the molecule is CCOC(=O)[C@H]1CC2(CCN(c3cc(O[C@@H](c4cc(-c5ccc(C(=O)O)cc5)ccc4-n4ccc(C)n4)C(F)(F)F)nc(N)n3)CC2)CN1. The third-order valence-corrected chi connectivity index (χ3v) is 9.07. The Labute approximate surface area is 280 Å². The van der Waals surface area contributed by atoms with Gasteiger partial charge >= 0.3 is 18.1 Å². The largest absolute Gasteiger partial charge is 0.478 e. The summed E-state index contributed by atoms with van der Waals surface area (Å²) in [4.78, 5) is 33.9. The van der Waals surface area contributed by atoms with Gasteiger partial charge in [0, 0.05) is 37.5 Å². The van der Waals surface area contributed by atoms with Crippen molar-refractivity contribution in [2.24, 2.45) is 5.41 Å². The van der Waals surface area contributed by atoms with E-state index in [2.05, 4.69) is 20.4 Å². The van der Waals surface area contributed by atoms with Gasteiger partial charge in [-0.3, -0.25) is 4.79 Å². The number of benzene rings is 2. The molecule has 15 heteroatoms. The maximum Gasteiger partial charge on any atom is 0.429 e. The number of hydrogen-bond donors (Lipinski definition) is 3. The quantitative estimate of drug-likeness (QED) is 0.202. The summed E-state index contributed by atoms with van der Waals surface area (Å²) in [5.74, 6) is -1.64. The van der Waals surface area contributed by atoms with Gasteiger partial charge in [-0.05, 0) is 80.0 Å². The van der Waals surface area contributed by atoms with E-state index >= 15 is 0 Å². The number of rotatable bonds is 9. The molecule has 6 rings (SSSR count). The van der Waals surface area contributed by atoms with E-state index in [1.165, 1.54) is 47.1 Å². The minimum Gasteiger partial charge on any atom is -0.478 e. The van der Waals surface area contributed by atoms with Crippen LogP contribution in [0.1, 0.15) is 53.9 Å². The molecule has 2 fully saturated rings. The number of nitrogens with one attached hydrogen (secondary N) is 1. The second kappa shape index (κ2) is 13.4. The van der Waals surface area contributed by atoms with Crippen LogP contribution in [-0.4, -0.2) is 75.3 Å². The van der Waals surface area contributed by atoms with Gasteiger partial charge in [-0.1, -0.05) is 18.2 Å². The van der Waals surface area contributed by atoms with E-state index in [9.17, 15) is 27.9 Å². The first kappa shape index (κ1) is 33.7. The van der Waals surface area contributed by atoms with Gasteiger partial charge in [0.1, 0.15) is 11.9 Å². The van der Waals surface area contributed by atoms with Crippen LogP contribution in [-0.2, 0) is 9.53 Å². The summed E-state index contributed by atoms with van der Waals surface area (Å²) in [6, 6.07) is 13.0. The number of hydrogen-bond acceptors (Lipinski definition) is 10. The predicted octanol–water partition coefficient (Wildman–Crippen LogP) is 5.11. The topological polar surface area (TPSA) is 158 Å². The number of nitrogen functional groups attached to an aromatic ring is 1. The molecule has 2 aromatic heterocycles. The lowest BCUT2D eigenvalue weighted by Crippen LogP contribution is -2.41. The minimum atomic E-state index is -4.90. The number of alkyl halides is 3. The van der Waals surface area contributed by atoms with E-state index in [-0.39, 0.29) is 46.1 Å². The summed E-state index contributed by atoms with van der Waals surface area (Å²) in [6.07, 6.45) is -3.72. The van der Waals surface area contributed by atoms with Gasteiger partial charge in [0.25, 0.3) is 0 Å². The zero-order chi connectivity index (χ0) is 34.9. The number of carbonyl (C=O) groups excluding carboxylic acids is 1. The molecule has 4 N–H and O–H groups in total. The van der Waals surface area contributed by atoms with Crippen molar-refractivity contribution < 1.29 is 37.3 Å². The van der Waals surface area contributed by atoms with Crippen molar-refractivity contribution in [3.05, 3.63) is 77.6 Å². The number of carboxylic acids is 1. The standard InChI is InChI=1S/C34H36F3N7O5/c1-3-48-31(47)25-18-33(19-39-25)11-14-43(15-12-33)27-17-28(41-32(38)40-27)49-29(34(35,36)37)24-16-23(21-4-6-22(7-5-21)30(45)46)8-9-26(24)44-13-10-20(2)42-44/h4-10,13,16-17,25,29,39H,3,11-12,14-15,18-19H2,1-2H3,(H,45,46)(H2,38,40,41)/t25-,29+/m1/s1. The Morgan fingerprint density at radius 1 is 1.08 bits per heavy atom. The summed E-state index contributed by atoms with van der Waals surface area (Å²) in [6.45, 7) is 5.55. The van der Waals surface area contributed by atoms with Crippen molar-refractivity contribution in [1.29, 1.82) is 0 Å². The molecule has 2 aliphatic heterocycles. The predicted molar refractivity (Wildman–Crippen MR) is 173 cm³/mol. The van der Waals surface area contributed by atoms with Crippen LogP contribution in [0.2, 0.25) is 0 Å². The molecule has 1 spiro atoms. The first-order valence-corrected chi connectivity index (χ1v) is 15.9. The van der Waals surface area contributed by atoms with Crippen LogP contribution in [0.5, 0.6) is 5.88 Å². The number of aryl methyl sites for hydroxylation is 1. The molecule has 2 aromatic carbocycles. The first-order chi connectivity index (χ1) is 23.3. The zero-order valence-electron chi connectivity index (χ0n) is 26.9. The van der Waals surface area contributed by atoms with Crippen LogP contribution in [0.15, 0.2) is 60.8 Å². The molecular formula is C34H36F3N7O5. The lowest BCUT2D eigenvalue weighted by molar-refractivity contribution is -0.198. The number of esters is 1. The van der Waals surface area contributed by atoms with Crippen LogP contribution >= 0.6 is 0 Å². The Hall–Kier alpha value is -5.18. The number of carbonyl (C=O) groups is 2. The van der Waals surface area contributed by atoms with Gasteiger partial charge < -0.3 is 30.5 Å². The Kier molecular flexibility index (Phi) is 9.20. The highest BCUT2D eigenvalue weighted by molar-refractivity contribution is 5.88. The van der Waals surface area contributed by atoms with Crippen LogP contribution in [0.25, 0.3) is 16.8 Å². The fourth-order valence-electron chi connectivity index (χ4n) is 6.50. The van der Waals surface area contributed by atoms with E-state index in [4.69, 9.17) is 15.2 Å². The molecule has 2 saturated heterocycles. The molecule has 0 saturated carbocycles. The highest BCUT2D eigenvalue weighted by Gasteiger charge is 2.46. The molecule has 258 valence electrons. The average molecular weight is 680 g/mol. The van der Waals surface area contributed by atoms with Gasteiger partial charge in [0.2, 0.25) is 17.9 Å². The summed E-state index contributed by atoms with van der Waals surface area (Å²) >= 11 is 0. The molecule has 12 nitrogen and oxygen atoms in total. The van der Waals surface area contributed by atoms with Crippen molar-refractivity contribution in [3.63, 3.8) is 0 Å². The monoisotopic (exact) mass is 679 g/mol. The third-order valence-electron chi connectivity index (χ3n) is 9.07. The fourth-order valence-corrected chi connectivity index (χ4v) is 6.50. The molecule has 0 bridgehead atoms. The van der Waals surface area contributed by atoms with Gasteiger partial charge in [0.05, 0.1) is 23.6 Å². The molecule has 4 aromatic rings. The minimum absolute atomic E-state index is 0.0471. The lowest BCUT2D eigenvalue weighted by atomic mass is 9.76. The highest BCUT2D eigenvalue weighted by Crippen LogP contribution is 2.43. The Bertz CT molecular complexity index is 1840. The number of carboxylic acid groups (broad SMARTS) is 1. The van der Waals surface area contributed by atoms with Crippen LogP contribution < -0.4 is 20.7 Å². The normalized spacial score (nSPS) is 18.0. The summed E-state index contributed by atoms with van der Waals surface area (Å²) in [7, 11) is 0. The number of halogens is 3. The Morgan fingerprint density at radius 3 is 2.43 bits per heavy atom. The van der Waals surface area contributed by atoms with Crippen molar-refractivity contribution in [3.8, 4) is 22.7 Å². The van der Waals surface area contributed by atoms with Crippen molar-refractivity contribution in [1.82, 2.24) is 25.1 Å². The van der Waals surface area contributed by atoms with Crippen molar-refractivity contribution >= 4 is 23.7 Å². The van der Waals surface area contributed by atoms with E-state index in [1.54, 1.807) is 32.2 Å². The van der Waals surface area contributed by atoms with Crippen LogP contribution in [0.3, 0.4) is 0 Å². The number of nitrogens with two attached hydrogens (primary N) is 1. The smallest absolute Gasteiger partial charge is 0.429 e. The van der Waals surface area contributed by atoms with E-state index in [0.717, 1.165) is 12.8 Å². The highest BCUT2D eigenvalue weighted by atomic mass is 19.4. The van der Waals surface area contributed by atoms with Crippen molar-refractivity contribution in [2.75, 3.05) is 36.9 Å². The molecule has 0 aliphatic carbocycles. The summed E-state index contributed by atoms with van der Waals surface area (Å²) < 4.78 is 57.2. The fraction of sp³-hybridized carbons (Fsp3) is 0.382. The molecule has 0 amide bonds. The molecular weight excluding hydrogens is 643 g/mol. The van der Waals surface area contributed by atoms with Gasteiger partial charge in [0.15, 0.2) is 0 Å². The molecule has 0 unspecified atom stereocenters. The third kappa shape index (κ3) is 7.31. The van der Waals surface area contributed by atoms with Crippen LogP contribution in [0, 0.1) is 12.3 Å². The average Bonchev–Trinajstić information content (AvgIpc) is 3.69. The van der Waals surface area contributed by atoms with Gasteiger partial charge in [-0.2, -0.15) is 28.2 Å². The second-order valence-electron chi connectivity index (χ2n) is 12.4. The van der Waals surface area contributed by atoms with Crippen LogP contribution in [0.4, 0.5) is 24.9 Å². The van der Waals surface area contributed by atoms with E-state index in [0.29, 0.717) is 55.3 Å². The summed E-state index contributed by atoms with van der Waals surface area (Å²) in [5.41, 5.74) is 7.38. The Balaban J connectivity index is 1.29. The number of piperidine rings is 1. The maximum atomic E-state index is 15.0. The molecule has 2 aliphatic rings. The lowest BCUT2D eigenvalue weighted by Gasteiger charge is -2.39. The van der Waals surface area contributed by atoms with Gasteiger partial charge in [-0.15, -0.1) is 0 Å². The molecule has 0 radical (unpaired) electrons. The van der Waals surface area contributed by atoms with Crippen molar-refractivity contribution in [2.45, 2.75) is 51.4 Å². The number of aromatic carboxylic acids is 1. The second-order valence-corrected chi connectivity index (χ2v) is 12.4. The van der Waals surface area contributed by atoms with E-state index in [1.807, 2.05) is 4.90 Å². The molecule has 49 heavy (non-hydrogen) atoms. The molecule has 4 heterocycles. The summed E-state index contributed by atoms with van der Waals surface area (Å²) in [5, 5.41) is 16.9. The van der Waals surface area contributed by atoms with Gasteiger partial charge in [-0.25, -0.2) is 9.48 Å². The number of anilines is 2. The first-order valence-electron chi connectivity index (χ1n) is 15.9. The Morgan fingerprint density at radius 2 is 1.80 bits per heavy atom. The maximum absolute atomic E-state index is 15.0. The number of aromatic nitrogens is 4.